The fourth-order valence-corrected chi connectivity index (χ4v) is 11.5. The lowest BCUT2D eigenvalue weighted by molar-refractivity contribution is -0.125. The molecule has 1 N–H and O–H groups in total. The Balaban J connectivity index is 0.000000391. The predicted octanol–water partition coefficient (Wildman–Crippen LogP) is 18.2. The summed E-state index contributed by atoms with van der Waals surface area (Å²) in [6, 6.07) is 50.6. The van der Waals surface area contributed by atoms with Crippen LogP contribution >= 0.6 is 0 Å². The van der Waals surface area contributed by atoms with Crippen molar-refractivity contribution in [2.24, 2.45) is 34.5 Å². The number of hydrogen-bond donors (Lipinski definition) is 1. The Morgan fingerprint density at radius 3 is 1.48 bits per heavy atom. The van der Waals surface area contributed by atoms with E-state index in [-0.39, 0.29) is 23.9 Å². The van der Waals surface area contributed by atoms with Crippen LogP contribution in [0.2, 0.25) is 0 Å². The fourth-order valence-electron chi connectivity index (χ4n) is 11.5. The van der Waals surface area contributed by atoms with E-state index < -0.39 is 11.2 Å². The normalized spacial score (nSPS) is 15.2. The molecule has 9 rings (SSSR count). The maximum atomic E-state index is 11.2. The topological polar surface area (TPSA) is 222 Å². The second kappa shape index (κ2) is 48.1. The number of aromatic nitrogens is 5. The molecule has 5 aromatic carbocycles. The lowest BCUT2D eigenvalue weighted by atomic mass is 9.70. The van der Waals surface area contributed by atoms with Crippen LogP contribution < -0.4 is 11.2 Å². The van der Waals surface area contributed by atoms with Crippen LogP contribution in [-0.2, 0) is 59.5 Å². The van der Waals surface area contributed by atoms with Gasteiger partial charge in [0.2, 0.25) is 0 Å². The first-order valence-corrected chi connectivity index (χ1v) is 35.6. The van der Waals surface area contributed by atoms with Gasteiger partial charge in [0, 0.05) is 61.9 Å². The Bertz CT molecular complexity index is 3590. The number of nitrogens with one attached hydrogen (secondary N) is 1. The number of unbranched alkanes of at least 4 members (excludes halogenated alkanes) is 1. The van der Waals surface area contributed by atoms with Crippen molar-refractivity contribution < 1.29 is 38.4 Å². The summed E-state index contributed by atoms with van der Waals surface area (Å²) in [7, 11) is 0. The van der Waals surface area contributed by atoms with Gasteiger partial charge in [0.1, 0.15) is 53.1 Å². The van der Waals surface area contributed by atoms with Gasteiger partial charge in [-0.15, -0.1) is 0 Å². The summed E-state index contributed by atoms with van der Waals surface area (Å²) >= 11 is 0. The summed E-state index contributed by atoms with van der Waals surface area (Å²) in [6.45, 7) is 29.0. The van der Waals surface area contributed by atoms with E-state index in [2.05, 4.69) is 150 Å². The molecule has 0 amide bonds. The van der Waals surface area contributed by atoms with E-state index in [0.29, 0.717) is 76.4 Å². The summed E-state index contributed by atoms with van der Waals surface area (Å²) < 4.78 is 2.78. The van der Waals surface area contributed by atoms with Crippen molar-refractivity contribution in [2.45, 2.75) is 232 Å². The van der Waals surface area contributed by atoms with Gasteiger partial charge in [-0.1, -0.05) is 194 Å². The van der Waals surface area contributed by atoms with Gasteiger partial charge in [0.05, 0.1) is 6.54 Å². The number of H-pyrrole nitrogens is 1. The minimum atomic E-state index is -0.558. The summed E-state index contributed by atoms with van der Waals surface area (Å²) in [5, 5.41) is 3.84. The molecule has 0 aliphatic heterocycles. The number of nitrogens with zero attached hydrogens (tertiary/aromatic N) is 4. The molecule has 0 bridgehead atoms. The van der Waals surface area contributed by atoms with E-state index in [1.54, 1.807) is 59.5 Å². The van der Waals surface area contributed by atoms with Crippen molar-refractivity contribution in [3.8, 4) is 11.1 Å². The number of hydrogen-bond acceptors (Lipinski definition) is 12. The number of aryl methyl sites for hydroxylation is 2. The van der Waals surface area contributed by atoms with E-state index >= 15 is 0 Å². The van der Waals surface area contributed by atoms with Gasteiger partial charge >= 0.3 is 5.69 Å². The maximum Gasteiger partial charge on any atom is 0.328 e. The average Bonchev–Trinajstić information content (AvgIpc) is 0.895. The molecule has 0 spiro atoms. The zero-order valence-electron chi connectivity index (χ0n) is 62.9. The number of aromatic amines is 1. The van der Waals surface area contributed by atoms with Crippen molar-refractivity contribution in [1.82, 2.24) is 24.3 Å². The Morgan fingerprint density at radius 2 is 1.03 bits per heavy atom. The van der Waals surface area contributed by atoms with E-state index in [0.717, 1.165) is 112 Å². The average molecular weight is 1370 g/mol. The highest BCUT2D eigenvalue weighted by molar-refractivity contribution is 5.94. The van der Waals surface area contributed by atoms with Crippen LogP contribution in [0.15, 0.2) is 180 Å². The summed E-state index contributed by atoms with van der Waals surface area (Å²) in [4.78, 5) is 114. The van der Waals surface area contributed by atoms with Gasteiger partial charge < -0.3 is 14.4 Å². The highest BCUT2D eigenvalue weighted by Crippen LogP contribution is 2.37. The summed E-state index contributed by atoms with van der Waals surface area (Å²) in [5.41, 5.74) is 7.01. The number of carbonyl (C=O) groups is 8. The number of carbonyl (C=O) groups excluding carboxylic acids is 8. The Morgan fingerprint density at radius 1 is 0.530 bits per heavy atom. The molecule has 1 atom stereocenters. The van der Waals surface area contributed by atoms with E-state index in [4.69, 9.17) is 0 Å². The monoisotopic (exact) mass is 1370 g/mol. The lowest BCUT2D eigenvalue weighted by Crippen LogP contribution is -2.30. The van der Waals surface area contributed by atoms with Crippen LogP contribution in [0.25, 0.3) is 11.1 Å². The van der Waals surface area contributed by atoms with Crippen LogP contribution in [0.5, 0.6) is 0 Å². The van der Waals surface area contributed by atoms with Gasteiger partial charge in [-0.2, -0.15) is 5.10 Å². The van der Waals surface area contributed by atoms with Crippen LogP contribution in [0.4, 0.5) is 0 Å². The molecule has 7 aromatic rings. The number of benzene rings is 5. The molecular weight excluding hydrogens is 1250 g/mol. The number of rotatable bonds is 23. The van der Waals surface area contributed by atoms with Gasteiger partial charge in [-0.25, -0.2) is 9.78 Å². The third-order valence-corrected chi connectivity index (χ3v) is 16.7. The van der Waals surface area contributed by atoms with Crippen molar-refractivity contribution in [3.63, 3.8) is 0 Å². The first-order chi connectivity index (χ1) is 47.2. The standard InChI is InChI=1S/C14H18O.C14H12O.C13H16O.C12H16O.C10H20O.C9H18O.C7H8N2O3.C6H9N3O/c2*1-11(15)12-7-9-14(10-8-12)13-5-3-2-4-6-13;1-10(14)13-8-12(9-13)7-11-5-3-2-4-6-11;1-11(13)7-5-6-10-12-8-3-2-4-9-12;1-8(6-9(2)11)7-10(3,4)5;1-8(10)6-5-7-9(2,3)4;1-5(10)4-9-3-2-6(11)8-7(9)12;1-6(10)2-3-9-5-7-4-8-9/h2-6,12,14H,7-10H2,1H3;2-10H,1H3;2-6,12-13H,7-9H2,1H3;2-4,8-9H,5-7,10H2,1H3;8H,6-7H2,1-5H3;5-7H2,1-4H3;2-3H,4H2,1H3,(H,8,11,12);4-5H,2-3H2,1H3. The van der Waals surface area contributed by atoms with Crippen LogP contribution in [0.1, 0.15) is 233 Å². The second-order valence-electron chi connectivity index (χ2n) is 29.2. The molecule has 15 nitrogen and oxygen atoms in total. The first kappa shape index (κ1) is 87.4. The molecule has 15 heteroatoms. The van der Waals surface area contributed by atoms with Crippen molar-refractivity contribution >= 4 is 46.3 Å². The smallest absolute Gasteiger partial charge is 0.300 e. The first-order valence-electron chi connectivity index (χ1n) is 35.6. The molecule has 2 fully saturated rings. The molecule has 542 valence electrons. The van der Waals surface area contributed by atoms with E-state index in [9.17, 15) is 47.9 Å². The Labute approximate surface area is 597 Å². The molecule has 0 radical (unpaired) electrons. The van der Waals surface area contributed by atoms with E-state index in [1.807, 2.05) is 59.6 Å². The molecular formula is C85H117N5O10. The minimum Gasteiger partial charge on any atom is -0.300 e. The summed E-state index contributed by atoms with van der Waals surface area (Å²) in [6.07, 6.45) is 21.5. The lowest BCUT2D eigenvalue weighted by Gasteiger charge is -2.33. The number of Topliss-reactive ketones (excluding diaryl/α,β-unsaturated/α-hetero) is 8. The zero-order valence-corrected chi connectivity index (χ0v) is 62.9. The molecule has 2 aliphatic carbocycles. The van der Waals surface area contributed by atoms with E-state index in [1.165, 1.54) is 60.6 Å². The molecule has 2 aliphatic rings. The van der Waals surface area contributed by atoms with Crippen molar-refractivity contribution in [2.75, 3.05) is 0 Å². The molecule has 0 saturated heterocycles. The highest BCUT2D eigenvalue weighted by atomic mass is 16.2. The highest BCUT2D eigenvalue weighted by Gasteiger charge is 2.32. The fraction of sp³-hybridized carbons (Fsp3) is 0.482. The van der Waals surface area contributed by atoms with Crippen LogP contribution in [0.3, 0.4) is 0 Å². The van der Waals surface area contributed by atoms with Gasteiger partial charge in [0.25, 0.3) is 5.56 Å². The SMILES string of the molecule is CC(=O)C1CC(Cc2ccccc2)C1.CC(=O)C1CCC(c2ccccc2)CC1.CC(=O)CC(C)CC(C)(C)C.CC(=O)CCCC(C)(C)C.CC(=O)CCCCc1ccccc1.CC(=O)CCn1cncn1.CC(=O)Cn1ccc(=O)[nH]c1=O.CC(=O)c1ccc(-c2ccccc2)cc1. The quantitative estimate of drug-likeness (QED) is 0.0467. The molecule has 2 heterocycles. The number of ketones is 8. The van der Waals surface area contributed by atoms with Gasteiger partial charge in [-0.05, 0) is 195 Å². The van der Waals surface area contributed by atoms with Crippen LogP contribution in [0, 0.1) is 34.5 Å². The molecule has 1 unspecified atom stereocenters. The maximum absolute atomic E-state index is 11.2. The second-order valence-corrected chi connectivity index (χ2v) is 29.2. The molecule has 100 heavy (non-hydrogen) atoms. The Hall–Kier alpha value is -8.72. The molecule has 2 saturated carbocycles. The van der Waals surface area contributed by atoms with Gasteiger partial charge in [0.15, 0.2) is 5.78 Å². The largest absolute Gasteiger partial charge is 0.328 e. The predicted molar refractivity (Wildman–Crippen MR) is 405 cm³/mol. The third-order valence-electron chi connectivity index (χ3n) is 16.7. The van der Waals surface area contributed by atoms with Crippen molar-refractivity contribution in [3.05, 3.63) is 214 Å². The zero-order chi connectivity index (χ0) is 74.6. The van der Waals surface area contributed by atoms with Gasteiger partial charge in [-0.3, -0.25) is 43.0 Å². The third kappa shape index (κ3) is 42.9. The van der Waals surface area contributed by atoms with Crippen molar-refractivity contribution in [1.29, 1.82) is 0 Å². The van der Waals surface area contributed by atoms with Crippen LogP contribution in [-0.4, -0.2) is 70.6 Å². The Kier molecular flexibility index (Phi) is 42.0. The summed E-state index contributed by atoms with van der Waals surface area (Å²) in [5.74, 6) is 4.47. The minimum absolute atomic E-state index is 0.00435. The molecule has 2 aromatic heterocycles.